The van der Waals surface area contributed by atoms with Gasteiger partial charge in [0.2, 0.25) is 0 Å². The van der Waals surface area contributed by atoms with E-state index in [0.29, 0.717) is 6.61 Å². The fraction of sp³-hybridized carbons (Fsp3) is 0.368. The molecule has 1 aliphatic rings. The third-order valence-corrected chi connectivity index (χ3v) is 3.69. The van der Waals surface area contributed by atoms with Gasteiger partial charge in [-0.05, 0) is 36.1 Å². The van der Waals surface area contributed by atoms with Crippen molar-refractivity contribution in [3.63, 3.8) is 0 Å². The van der Waals surface area contributed by atoms with Gasteiger partial charge in [0.15, 0.2) is 6.29 Å². The zero-order valence-electron chi connectivity index (χ0n) is 12.7. The van der Waals surface area contributed by atoms with Gasteiger partial charge in [-0.2, -0.15) is 0 Å². The summed E-state index contributed by atoms with van der Waals surface area (Å²) in [5.41, 5.74) is 2.61. The molecule has 0 aromatic heterocycles. The molecule has 116 valence electrons. The summed E-state index contributed by atoms with van der Waals surface area (Å²) in [5.74, 6) is 0.896. The highest BCUT2D eigenvalue weighted by molar-refractivity contribution is 5.31. The first kappa shape index (κ1) is 15.1. The molecular weight excluding hydrogens is 276 g/mol. The van der Waals surface area contributed by atoms with Gasteiger partial charge in [0.1, 0.15) is 5.75 Å². The van der Waals surface area contributed by atoms with E-state index < -0.39 is 0 Å². The Kier molecular flexibility index (Phi) is 5.46. The van der Waals surface area contributed by atoms with Gasteiger partial charge in [0.05, 0.1) is 19.8 Å². The Balaban J connectivity index is 1.45. The molecule has 0 bridgehead atoms. The molecule has 0 saturated carbocycles. The predicted molar refractivity (Wildman–Crippen MR) is 86.1 cm³/mol. The van der Waals surface area contributed by atoms with Crippen molar-refractivity contribution in [2.45, 2.75) is 25.6 Å². The van der Waals surface area contributed by atoms with Crippen molar-refractivity contribution in [1.29, 1.82) is 0 Å². The largest absolute Gasteiger partial charge is 0.493 e. The van der Waals surface area contributed by atoms with Crippen molar-refractivity contribution in [1.82, 2.24) is 0 Å². The van der Waals surface area contributed by atoms with Crippen LogP contribution in [-0.4, -0.2) is 26.1 Å². The minimum Gasteiger partial charge on any atom is -0.493 e. The summed E-state index contributed by atoms with van der Waals surface area (Å²) in [6.07, 6.45) is 2.60. The van der Waals surface area contributed by atoms with Gasteiger partial charge in [0.25, 0.3) is 0 Å². The third kappa shape index (κ3) is 4.58. The minimum atomic E-state index is -0.105. The first-order valence-electron chi connectivity index (χ1n) is 7.89. The monoisotopic (exact) mass is 298 g/mol. The van der Waals surface area contributed by atoms with E-state index >= 15 is 0 Å². The van der Waals surface area contributed by atoms with Gasteiger partial charge in [-0.1, -0.05) is 42.5 Å². The van der Waals surface area contributed by atoms with Crippen molar-refractivity contribution in [2.24, 2.45) is 0 Å². The van der Waals surface area contributed by atoms with Crippen molar-refractivity contribution in [3.8, 4) is 5.75 Å². The normalized spacial score (nSPS) is 15.6. The van der Waals surface area contributed by atoms with Crippen LogP contribution in [0.15, 0.2) is 54.6 Å². The topological polar surface area (TPSA) is 27.7 Å². The molecule has 22 heavy (non-hydrogen) atoms. The highest BCUT2D eigenvalue weighted by Crippen LogP contribution is 2.16. The second-order valence-electron chi connectivity index (χ2n) is 5.47. The molecule has 1 saturated heterocycles. The molecule has 1 heterocycles. The minimum absolute atomic E-state index is 0.105. The van der Waals surface area contributed by atoms with Gasteiger partial charge >= 0.3 is 0 Å². The van der Waals surface area contributed by atoms with Crippen LogP contribution in [0.1, 0.15) is 24.0 Å². The van der Waals surface area contributed by atoms with Crippen LogP contribution >= 0.6 is 0 Å². The van der Waals surface area contributed by atoms with Crippen molar-refractivity contribution in [2.75, 3.05) is 19.8 Å². The number of hydrogen-bond donors (Lipinski definition) is 0. The lowest BCUT2D eigenvalue weighted by Gasteiger charge is -2.23. The van der Waals surface area contributed by atoms with Gasteiger partial charge in [0, 0.05) is 6.42 Å². The SMILES string of the molecule is c1ccc(Cc2ccc(OCCC3OCCCO3)cc2)cc1. The Morgan fingerprint density at radius 3 is 2.27 bits per heavy atom. The Hall–Kier alpha value is -1.84. The Labute approximate surface area is 131 Å². The fourth-order valence-electron chi connectivity index (χ4n) is 2.51. The summed E-state index contributed by atoms with van der Waals surface area (Å²) in [7, 11) is 0. The summed E-state index contributed by atoms with van der Waals surface area (Å²) in [6, 6.07) is 18.8. The molecule has 3 nitrogen and oxygen atoms in total. The number of benzene rings is 2. The first-order chi connectivity index (χ1) is 10.9. The van der Waals surface area contributed by atoms with E-state index in [1.807, 2.05) is 18.2 Å². The summed E-state index contributed by atoms with van der Waals surface area (Å²) in [5, 5.41) is 0. The number of rotatable bonds is 6. The van der Waals surface area contributed by atoms with Crippen molar-refractivity contribution in [3.05, 3.63) is 65.7 Å². The quantitative estimate of drug-likeness (QED) is 0.811. The second kappa shape index (κ2) is 7.97. The molecule has 0 atom stereocenters. The molecule has 1 aliphatic heterocycles. The van der Waals surface area contributed by atoms with Gasteiger partial charge in [-0.25, -0.2) is 0 Å². The van der Waals surface area contributed by atoms with Crippen LogP contribution in [0, 0.1) is 0 Å². The molecule has 0 spiro atoms. The van der Waals surface area contributed by atoms with Crippen LogP contribution in [0.4, 0.5) is 0 Å². The van der Waals surface area contributed by atoms with E-state index in [1.54, 1.807) is 0 Å². The smallest absolute Gasteiger partial charge is 0.160 e. The third-order valence-electron chi connectivity index (χ3n) is 3.69. The van der Waals surface area contributed by atoms with Crippen LogP contribution < -0.4 is 4.74 Å². The zero-order valence-corrected chi connectivity index (χ0v) is 12.7. The maximum Gasteiger partial charge on any atom is 0.160 e. The lowest BCUT2D eigenvalue weighted by molar-refractivity contribution is -0.183. The van der Waals surface area contributed by atoms with Gasteiger partial charge in [-0.3, -0.25) is 0 Å². The Morgan fingerprint density at radius 1 is 0.864 bits per heavy atom. The van der Waals surface area contributed by atoms with E-state index in [4.69, 9.17) is 14.2 Å². The summed E-state index contributed by atoms with van der Waals surface area (Å²) < 4.78 is 16.8. The van der Waals surface area contributed by atoms with Gasteiger partial charge < -0.3 is 14.2 Å². The first-order valence-corrected chi connectivity index (χ1v) is 7.89. The Bertz CT molecular complexity index is 545. The summed E-state index contributed by atoms with van der Waals surface area (Å²) in [4.78, 5) is 0. The van der Waals surface area contributed by atoms with Crippen molar-refractivity contribution < 1.29 is 14.2 Å². The molecule has 1 fully saturated rings. The molecule has 0 radical (unpaired) electrons. The van der Waals surface area contributed by atoms with E-state index in [1.165, 1.54) is 11.1 Å². The Morgan fingerprint density at radius 2 is 1.55 bits per heavy atom. The maximum atomic E-state index is 5.75. The molecular formula is C19H22O3. The van der Waals surface area contributed by atoms with Gasteiger partial charge in [-0.15, -0.1) is 0 Å². The molecule has 3 rings (SSSR count). The molecule has 2 aromatic carbocycles. The maximum absolute atomic E-state index is 5.75. The van der Waals surface area contributed by atoms with Crippen molar-refractivity contribution >= 4 is 0 Å². The second-order valence-corrected chi connectivity index (χ2v) is 5.47. The molecule has 0 amide bonds. The van der Waals surface area contributed by atoms with Crippen LogP contribution in [0.5, 0.6) is 5.75 Å². The summed E-state index contributed by atoms with van der Waals surface area (Å²) >= 11 is 0. The fourth-order valence-corrected chi connectivity index (χ4v) is 2.51. The zero-order chi connectivity index (χ0) is 15.0. The standard InChI is InChI=1S/C19H22O3/c1-2-5-16(6-3-1)15-17-7-9-18(10-8-17)20-14-11-19-21-12-4-13-22-19/h1-3,5-10,19H,4,11-15H2. The average Bonchev–Trinajstić information content (AvgIpc) is 2.58. The van der Waals surface area contributed by atoms with E-state index in [0.717, 1.165) is 38.2 Å². The average molecular weight is 298 g/mol. The highest BCUT2D eigenvalue weighted by Gasteiger charge is 2.13. The van der Waals surface area contributed by atoms with Crippen LogP contribution in [0.25, 0.3) is 0 Å². The highest BCUT2D eigenvalue weighted by atomic mass is 16.7. The molecule has 0 aliphatic carbocycles. The predicted octanol–water partition coefficient (Wildman–Crippen LogP) is 3.81. The molecule has 0 unspecified atom stereocenters. The van der Waals surface area contributed by atoms with Crippen LogP contribution in [0.3, 0.4) is 0 Å². The molecule has 0 N–H and O–H groups in total. The van der Waals surface area contributed by atoms with E-state index in [2.05, 4.69) is 36.4 Å². The lowest BCUT2D eigenvalue weighted by Crippen LogP contribution is -2.26. The van der Waals surface area contributed by atoms with Crippen LogP contribution in [0.2, 0.25) is 0 Å². The van der Waals surface area contributed by atoms with E-state index in [-0.39, 0.29) is 6.29 Å². The lowest BCUT2D eigenvalue weighted by atomic mass is 10.1. The van der Waals surface area contributed by atoms with Crippen LogP contribution in [-0.2, 0) is 15.9 Å². The van der Waals surface area contributed by atoms with E-state index in [9.17, 15) is 0 Å². The molecule has 3 heteroatoms. The summed E-state index contributed by atoms with van der Waals surface area (Å²) in [6.45, 7) is 2.19. The molecule has 2 aromatic rings. The number of ether oxygens (including phenoxy) is 3. The number of hydrogen-bond acceptors (Lipinski definition) is 3.